The number of carbonyl (C=O) groups excluding carboxylic acids is 1. The second kappa shape index (κ2) is 15.3. The van der Waals surface area contributed by atoms with Gasteiger partial charge in [-0.3, -0.25) is 9.69 Å². The summed E-state index contributed by atoms with van der Waals surface area (Å²) in [6.07, 6.45) is 2.60. The third kappa shape index (κ3) is 8.98. The molecule has 0 bridgehead atoms. The van der Waals surface area contributed by atoms with Crippen molar-refractivity contribution in [1.82, 2.24) is 9.80 Å². The molecule has 1 N–H and O–H groups in total. The minimum atomic E-state index is -0.370. The van der Waals surface area contributed by atoms with Gasteiger partial charge in [0.25, 0.3) is 5.91 Å². The van der Waals surface area contributed by atoms with Gasteiger partial charge in [-0.2, -0.15) is 0 Å². The molecule has 7 nitrogen and oxygen atoms in total. The number of hydrogen-bond donors (Lipinski definition) is 1. The Morgan fingerprint density at radius 2 is 1.82 bits per heavy atom. The van der Waals surface area contributed by atoms with Crippen LogP contribution in [0, 0.1) is 5.92 Å². The van der Waals surface area contributed by atoms with Crippen LogP contribution >= 0.6 is 23.2 Å². The largest absolute Gasteiger partial charge is 0.490 e. The van der Waals surface area contributed by atoms with Crippen LogP contribution in [0.3, 0.4) is 0 Å². The number of carbonyl (C=O) groups is 1. The summed E-state index contributed by atoms with van der Waals surface area (Å²) in [5.74, 6) is 0.439. The molecule has 0 aromatic heterocycles. The first-order valence-corrected chi connectivity index (χ1v) is 14.9. The number of rotatable bonds is 7. The molecular formula is C31H45Cl2N3O4. The summed E-state index contributed by atoms with van der Waals surface area (Å²) in [5, 5.41) is 11.2. The number of hydrogen-bond acceptors (Lipinski definition) is 6. The van der Waals surface area contributed by atoms with Gasteiger partial charge < -0.3 is 24.4 Å². The Kier molecular flexibility index (Phi) is 12.4. The molecular weight excluding hydrogens is 549 g/mol. The lowest BCUT2D eigenvalue weighted by molar-refractivity contribution is -0.0177. The molecule has 0 radical (unpaired) electrons. The molecule has 1 aliphatic heterocycles. The zero-order chi connectivity index (χ0) is 29.4. The standard InChI is InChI=1S/C31H45Cl2N3O4/c1-21-17-36(22(2)20-37)31(38)26-16-25(34(4)5)11-13-29(26)40-23(3)9-7-8-14-39-30(21)19-35(6)18-24-10-12-27(32)28(33)15-24/h10-13,15-16,21-23,30,37H,7-9,14,17-20H2,1-6H3/t21-,22+,23+,30-/m0/s1. The Morgan fingerprint density at radius 1 is 1.07 bits per heavy atom. The van der Waals surface area contributed by atoms with Crippen molar-refractivity contribution in [1.29, 1.82) is 0 Å². The maximum atomic E-state index is 14.1. The van der Waals surface area contributed by atoms with E-state index in [9.17, 15) is 9.90 Å². The summed E-state index contributed by atoms with van der Waals surface area (Å²) in [5.41, 5.74) is 2.49. The second-order valence-corrected chi connectivity index (χ2v) is 12.1. The zero-order valence-electron chi connectivity index (χ0n) is 24.7. The minimum absolute atomic E-state index is 0.0115. The van der Waals surface area contributed by atoms with Crippen molar-refractivity contribution in [2.75, 3.05) is 52.3 Å². The van der Waals surface area contributed by atoms with Gasteiger partial charge in [0, 0.05) is 51.9 Å². The van der Waals surface area contributed by atoms with Gasteiger partial charge in [-0.1, -0.05) is 36.2 Å². The molecule has 1 amide bonds. The highest BCUT2D eigenvalue weighted by atomic mass is 35.5. The summed E-state index contributed by atoms with van der Waals surface area (Å²) in [6.45, 7) is 8.33. The van der Waals surface area contributed by atoms with Crippen LogP contribution in [0.5, 0.6) is 5.75 Å². The Hall–Kier alpha value is -2.03. The number of aliphatic hydroxyl groups excluding tert-OH is 1. The highest BCUT2D eigenvalue weighted by Gasteiger charge is 2.30. The summed E-state index contributed by atoms with van der Waals surface area (Å²) >= 11 is 12.3. The maximum absolute atomic E-state index is 14.1. The van der Waals surface area contributed by atoms with E-state index in [1.54, 1.807) is 4.90 Å². The van der Waals surface area contributed by atoms with E-state index in [2.05, 4.69) is 18.9 Å². The van der Waals surface area contributed by atoms with Crippen LogP contribution in [0.25, 0.3) is 0 Å². The first kappa shape index (κ1) is 32.5. The van der Waals surface area contributed by atoms with Crippen LogP contribution in [0.1, 0.15) is 56.0 Å². The van der Waals surface area contributed by atoms with Gasteiger partial charge in [-0.05, 0) is 76.1 Å². The van der Waals surface area contributed by atoms with Crippen molar-refractivity contribution in [3.63, 3.8) is 0 Å². The average molecular weight is 595 g/mol. The summed E-state index contributed by atoms with van der Waals surface area (Å²) in [6, 6.07) is 11.1. The molecule has 9 heteroatoms. The number of halogens is 2. The van der Waals surface area contributed by atoms with E-state index in [1.807, 2.05) is 69.2 Å². The molecule has 0 spiro atoms. The number of aliphatic hydroxyl groups is 1. The fourth-order valence-electron chi connectivity index (χ4n) is 4.97. The summed E-state index contributed by atoms with van der Waals surface area (Å²) in [7, 11) is 5.96. The van der Waals surface area contributed by atoms with E-state index in [0.717, 1.165) is 30.5 Å². The van der Waals surface area contributed by atoms with E-state index in [0.29, 0.717) is 47.6 Å². The van der Waals surface area contributed by atoms with Gasteiger partial charge in [-0.25, -0.2) is 0 Å². The molecule has 222 valence electrons. The smallest absolute Gasteiger partial charge is 0.258 e. The van der Waals surface area contributed by atoms with Crippen molar-refractivity contribution in [3.8, 4) is 5.75 Å². The molecule has 0 saturated heterocycles. The topological polar surface area (TPSA) is 65.5 Å². The first-order valence-electron chi connectivity index (χ1n) is 14.1. The normalized spacial score (nSPS) is 21.9. The van der Waals surface area contributed by atoms with E-state index in [4.69, 9.17) is 32.7 Å². The van der Waals surface area contributed by atoms with E-state index < -0.39 is 0 Å². The molecule has 0 aliphatic carbocycles. The monoisotopic (exact) mass is 593 g/mol. The number of fused-ring (bicyclic) bond motifs is 1. The van der Waals surface area contributed by atoms with E-state index >= 15 is 0 Å². The van der Waals surface area contributed by atoms with E-state index in [1.165, 1.54) is 0 Å². The second-order valence-electron chi connectivity index (χ2n) is 11.3. The highest BCUT2D eigenvalue weighted by molar-refractivity contribution is 6.42. The molecule has 0 fully saturated rings. The van der Waals surface area contributed by atoms with Crippen molar-refractivity contribution in [2.45, 2.75) is 64.8 Å². The fraction of sp³-hybridized carbons (Fsp3) is 0.581. The molecule has 2 aromatic carbocycles. The molecule has 0 unspecified atom stereocenters. The number of likely N-dealkylation sites (N-methyl/N-ethyl adjacent to an activating group) is 1. The Labute approximate surface area is 249 Å². The number of amides is 1. The van der Waals surface area contributed by atoms with Crippen LogP contribution in [-0.2, 0) is 11.3 Å². The quantitative estimate of drug-likeness (QED) is 0.425. The fourth-order valence-corrected chi connectivity index (χ4v) is 5.29. The van der Waals surface area contributed by atoms with Gasteiger partial charge >= 0.3 is 0 Å². The van der Waals surface area contributed by atoms with Crippen LogP contribution in [0.2, 0.25) is 10.0 Å². The predicted molar refractivity (Wildman–Crippen MR) is 164 cm³/mol. The average Bonchev–Trinajstić information content (AvgIpc) is 2.91. The Bertz CT molecular complexity index is 1120. The van der Waals surface area contributed by atoms with Gasteiger partial charge in [0.15, 0.2) is 0 Å². The molecule has 1 heterocycles. The van der Waals surface area contributed by atoms with Crippen molar-refractivity contribution in [3.05, 3.63) is 57.6 Å². The first-order chi connectivity index (χ1) is 19.0. The maximum Gasteiger partial charge on any atom is 0.258 e. The SMILES string of the molecule is C[C@@H]1CCCCO[C@@H](CN(C)Cc2ccc(Cl)c(Cl)c2)[C@@H](C)CN([C@H](C)CO)C(=O)c2cc(N(C)C)ccc2O1. The molecule has 40 heavy (non-hydrogen) atoms. The van der Waals surface area contributed by atoms with Gasteiger partial charge in [0.05, 0.1) is 40.5 Å². The number of ether oxygens (including phenoxy) is 2. The number of nitrogens with zero attached hydrogens (tertiary/aromatic N) is 3. The van der Waals surface area contributed by atoms with Crippen molar-refractivity contribution >= 4 is 34.8 Å². The molecule has 0 saturated carbocycles. The zero-order valence-corrected chi connectivity index (χ0v) is 26.2. The molecule has 1 aliphatic rings. The van der Waals surface area contributed by atoms with Crippen LogP contribution in [-0.4, -0.2) is 86.5 Å². The van der Waals surface area contributed by atoms with E-state index in [-0.39, 0.29) is 36.7 Å². The number of anilines is 1. The summed E-state index contributed by atoms with van der Waals surface area (Å²) < 4.78 is 12.8. The van der Waals surface area contributed by atoms with Gasteiger partial charge in [-0.15, -0.1) is 0 Å². The lowest BCUT2D eigenvalue weighted by Gasteiger charge is -2.36. The summed E-state index contributed by atoms with van der Waals surface area (Å²) in [4.78, 5) is 20.0. The third-order valence-electron chi connectivity index (χ3n) is 7.48. The lowest BCUT2D eigenvalue weighted by atomic mass is 10.0. The Balaban J connectivity index is 1.89. The van der Waals surface area contributed by atoms with Gasteiger partial charge in [0.1, 0.15) is 5.75 Å². The highest BCUT2D eigenvalue weighted by Crippen LogP contribution is 2.29. The minimum Gasteiger partial charge on any atom is -0.490 e. The van der Waals surface area contributed by atoms with Gasteiger partial charge in [0.2, 0.25) is 0 Å². The van der Waals surface area contributed by atoms with Crippen LogP contribution in [0.4, 0.5) is 5.69 Å². The predicted octanol–water partition coefficient (Wildman–Crippen LogP) is 5.99. The van der Waals surface area contributed by atoms with Crippen molar-refractivity contribution in [2.24, 2.45) is 5.92 Å². The van der Waals surface area contributed by atoms with Crippen molar-refractivity contribution < 1.29 is 19.4 Å². The van der Waals surface area contributed by atoms with Crippen LogP contribution in [0.15, 0.2) is 36.4 Å². The Morgan fingerprint density at radius 3 is 2.50 bits per heavy atom. The molecule has 2 aromatic rings. The number of benzene rings is 2. The molecule has 3 rings (SSSR count). The third-order valence-corrected chi connectivity index (χ3v) is 8.22. The molecule has 4 atom stereocenters. The lowest BCUT2D eigenvalue weighted by Crippen LogP contribution is -2.47. The van der Waals surface area contributed by atoms with Crippen LogP contribution < -0.4 is 9.64 Å².